The average molecular weight is 199 g/mol. The number of ether oxygens (including phenoxy) is 1. The fourth-order valence-corrected chi connectivity index (χ4v) is 2.52. The summed E-state index contributed by atoms with van der Waals surface area (Å²) in [4.78, 5) is 12.9. The van der Waals surface area contributed by atoms with Crippen LogP contribution < -0.4 is 0 Å². The Hall–Kier alpha value is -0.610. The van der Waals surface area contributed by atoms with Crippen molar-refractivity contribution in [1.82, 2.24) is 4.90 Å². The molecular formula is C10H17NO3. The van der Waals surface area contributed by atoms with Gasteiger partial charge in [-0.15, -0.1) is 0 Å². The number of aliphatic carboxylic acids is 1. The number of carbonyl (C=O) groups is 1. The Bertz CT molecular complexity index is 230. The molecule has 1 N–H and O–H groups in total. The summed E-state index contributed by atoms with van der Waals surface area (Å²) >= 11 is 0. The van der Waals surface area contributed by atoms with E-state index in [0.717, 1.165) is 13.1 Å². The third-order valence-electron chi connectivity index (χ3n) is 3.54. The summed E-state index contributed by atoms with van der Waals surface area (Å²) in [5.74, 6) is -0.763. The molecule has 4 heteroatoms. The minimum absolute atomic E-state index is 0.297. The summed E-state index contributed by atoms with van der Waals surface area (Å²) in [6, 6.07) is -0.439. The maximum atomic E-state index is 10.9. The molecule has 1 unspecified atom stereocenters. The van der Waals surface area contributed by atoms with E-state index in [4.69, 9.17) is 9.84 Å². The van der Waals surface area contributed by atoms with Crippen LogP contribution in [0.2, 0.25) is 0 Å². The number of hydrogen-bond donors (Lipinski definition) is 1. The van der Waals surface area contributed by atoms with E-state index in [1.807, 2.05) is 4.90 Å². The normalized spacial score (nSPS) is 26.6. The summed E-state index contributed by atoms with van der Waals surface area (Å²) < 4.78 is 4.92. The molecule has 1 saturated heterocycles. The van der Waals surface area contributed by atoms with E-state index < -0.39 is 12.0 Å². The van der Waals surface area contributed by atoms with E-state index in [9.17, 15) is 4.79 Å². The first-order valence-electron chi connectivity index (χ1n) is 5.13. The van der Waals surface area contributed by atoms with Crippen molar-refractivity contribution in [1.29, 1.82) is 0 Å². The van der Waals surface area contributed by atoms with Gasteiger partial charge in [-0.25, -0.2) is 0 Å². The quantitative estimate of drug-likeness (QED) is 0.719. The zero-order valence-corrected chi connectivity index (χ0v) is 8.53. The largest absolute Gasteiger partial charge is 0.480 e. The summed E-state index contributed by atoms with van der Waals surface area (Å²) in [6.07, 6.45) is 3.88. The number of hydrogen-bond acceptors (Lipinski definition) is 3. The van der Waals surface area contributed by atoms with Crippen LogP contribution in [-0.4, -0.2) is 48.8 Å². The van der Waals surface area contributed by atoms with Gasteiger partial charge >= 0.3 is 5.97 Å². The SMILES string of the molecule is COCC(C(=O)O)N1CC2(CCC2)C1. The van der Waals surface area contributed by atoms with E-state index in [0.29, 0.717) is 12.0 Å². The fraction of sp³-hybridized carbons (Fsp3) is 0.900. The van der Waals surface area contributed by atoms with Crippen molar-refractivity contribution in [2.75, 3.05) is 26.8 Å². The molecule has 14 heavy (non-hydrogen) atoms. The average Bonchev–Trinajstić information content (AvgIpc) is 1.97. The molecule has 0 aromatic heterocycles. The molecule has 1 heterocycles. The van der Waals surface area contributed by atoms with Crippen molar-refractivity contribution >= 4 is 5.97 Å². The van der Waals surface area contributed by atoms with Crippen molar-refractivity contribution in [3.05, 3.63) is 0 Å². The predicted molar refractivity (Wildman–Crippen MR) is 51.2 cm³/mol. The number of nitrogens with zero attached hydrogens (tertiary/aromatic N) is 1. The molecule has 80 valence electrons. The third-order valence-corrected chi connectivity index (χ3v) is 3.54. The molecule has 2 fully saturated rings. The van der Waals surface area contributed by atoms with E-state index in [2.05, 4.69) is 0 Å². The maximum Gasteiger partial charge on any atom is 0.323 e. The van der Waals surface area contributed by atoms with Gasteiger partial charge in [-0.1, -0.05) is 6.42 Å². The molecule has 0 radical (unpaired) electrons. The summed E-state index contributed by atoms with van der Waals surface area (Å²) in [6.45, 7) is 2.20. The van der Waals surface area contributed by atoms with E-state index >= 15 is 0 Å². The Morgan fingerprint density at radius 1 is 1.57 bits per heavy atom. The molecule has 0 amide bonds. The summed E-state index contributed by atoms with van der Waals surface area (Å²) in [5.41, 5.74) is 0.488. The van der Waals surface area contributed by atoms with Crippen molar-refractivity contribution in [3.8, 4) is 0 Å². The first kappa shape index (κ1) is 9.93. The van der Waals surface area contributed by atoms with Crippen molar-refractivity contribution in [2.45, 2.75) is 25.3 Å². The van der Waals surface area contributed by atoms with E-state index in [1.165, 1.54) is 19.3 Å². The summed E-state index contributed by atoms with van der Waals surface area (Å²) in [5, 5.41) is 8.98. The van der Waals surface area contributed by atoms with Crippen LogP contribution >= 0.6 is 0 Å². The lowest BCUT2D eigenvalue weighted by molar-refractivity contribution is -0.157. The highest BCUT2D eigenvalue weighted by molar-refractivity contribution is 5.73. The number of likely N-dealkylation sites (tertiary alicyclic amines) is 1. The van der Waals surface area contributed by atoms with Crippen LogP contribution in [0.3, 0.4) is 0 Å². The van der Waals surface area contributed by atoms with Gasteiger partial charge in [-0.05, 0) is 18.3 Å². The first-order chi connectivity index (χ1) is 6.67. The minimum Gasteiger partial charge on any atom is -0.480 e. The van der Waals surface area contributed by atoms with E-state index in [-0.39, 0.29) is 0 Å². The molecule has 0 aromatic rings. The van der Waals surface area contributed by atoms with Gasteiger partial charge in [0.05, 0.1) is 6.61 Å². The molecule has 1 aliphatic carbocycles. The second-order valence-electron chi connectivity index (χ2n) is 4.57. The lowest BCUT2D eigenvalue weighted by atomic mass is 9.63. The van der Waals surface area contributed by atoms with Crippen LogP contribution in [0.5, 0.6) is 0 Å². The second kappa shape index (κ2) is 3.51. The van der Waals surface area contributed by atoms with Gasteiger partial charge < -0.3 is 9.84 Å². The fourth-order valence-electron chi connectivity index (χ4n) is 2.52. The Kier molecular flexibility index (Phi) is 2.49. The molecule has 1 atom stereocenters. The standard InChI is InChI=1S/C10H17NO3/c1-14-5-8(9(12)13)11-6-10(7-11)3-2-4-10/h8H,2-7H2,1H3,(H,12,13). The van der Waals surface area contributed by atoms with Crippen LogP contribution in [0.1, 0.15) is 19.3 Å². The molecule has 1 aliphatic heterocycles. The molecule has 2 rings (SSSR count). The van der Waals surface area contributed by atoms with Gasteiger partial charge in [-0.3, -0.25) is 9.69 Å². The zero-order valence-electron chi connectivity index (χ0n) is 8.53. The van der Waals surface area contributed by atoms with Crippen LogP contribution in [-0.2, 0) is 9.53 Å². The molecule has 1 spiro atoms. The first-order valence-corrected chi connectivity index (χ1v) is 5.13. The Balaban J connectivity index is 1.85. The molecule has 2 aliphatic rings. The van der Waals surface area contributed by atoms with Crippen molar-refractivity contribution in [3.63, 3.8) is 0 Å². The molecule has 4 nitrogen and oxygen atoms in total. The van der Waals surface area contributed by atoms with Gasteiger partial charge in [0.25, 0.3) is 0 Å². The summed E-state index contributed by atoms with van der Waals surface area (Å²) in [7, 11) is 1.55. The van der Waals surface area contributed by atoms with Gasteiger partial charge in [0, 0.05) is 20.2 Å². The lowest BCUT2D eigenvalue weighted by Crippen LogP contribution is -2.65. The maximum absolute atomic E-state index is 10.9. The number of rotatable bonds is 4. The van der Waals surface area contributed by atoms with Gasteiger partial charge in [0.1, 0.15) is 6.04 Å². The second-order valence-corrected chi connectivity index (χ2v) is 4.57. The van der Waals surface area contributed by atoms with Crippen molar-refractivity contribution in [2.24, 2.45) is 5.41 Å². The highest BCUT2D eigenvalue weighted by atomic mass is 16.5. The van der Waals surface area contributed by atoms with Crippen LogP contribution in [0, 0.1) is 5.41 Å². The van der Waals surface area contributed by atoms with Crippen LogP contribution in [0.25, 0.3) is 0 Å². The van der Waals surface area contributed by atoms with Crippen LogP contribution in [0.15, 0.2) is 0 Å². The van der Waals surface area contributed by atoms with Crippen LogP contribution in [0.4, 0.5) is 0 Å². The highest BCUT2D eigenvalue weighted by Crippen LogP contribution is 2.48. The lowest BCUT2D eigenvalue weighted by Gasteiger charge is -2.57. The zero-order chi connectivity index (χ0) is 10.2. The van der Waals surface area contributed by atoms with Crippen molar-refractivity contribution < 1.29 is 14.6 Å². The smallest absolute Gasteiger partial charge is 0.323 e. The topological polar surface area (TPSA) is 49.8 Å². The van der Waals surface area contributed by atoms with Gasteiger partial charge in [0.15, 0.2) is 0 Å². The van der Waals surface area contributed by atoms with E-state index in [1.54, 1.807) is 7.11 Å². The third kappa shape index (κ3) is 1.53. The Morgan fingerprint density at radius 2 is 2.21 bits per heavy atom. The van der Waals surface area contributed by atoms with Gasteiger partial charge in [-0.2, -0.15) is 0 Å². The number of carboxylic acid groups (broad SMARTS) is 1. The monoisotopic (exact) mass is 199 g/mol. The Labute approximate surface area is 83.8 Å². The highest BCUT2D eigenvalue weighted by Gasteiger charge is 2.50. The Morgan fingerprint density at radius 3 is 2.57 bits per heavy atom. The molecular weight excluding hydrogens is 182 g/mol. The minimum atomic E-state index is -0.763. The molecule has 0 aromatic carbocycles. The number of carboxylic acids is 1. The predicted octanol–water partition coefficient (Wildman–Crippen LogP) is 0.572. The molecule has 1 saturated carbocycles. The number of methoxy groups -OCH3 is 1. The van der Waals surface area contributed by atoms with Gasteiger partial charge in [0.2, 0.25) is 0 Å². The molecule has 0 bridgehead atoms.